The van der Waals surface area contributed by atoms with Crippen molar-refractivity contribution in [2.75, 3.05) is 6.61 Å². The van der Waals surface area contributed by atoms with E-state index in [0.29, 0.717) is 12.0 Å². The van der Waals surface area contributed by atoms with Gasteiger partial charge in [-0.25, -0.2) is 0 Å². The van der Waals surface area contributed by atoms with Crippen LogP contribution in [0.15, 0.2) is 47.9 Å². The summed E-state index contributed by atoms with van der Waals surface area (Å²) in [5, 5.41) is 1.52. The van der Waals surface area contributed by atoms with Gasteiger partial charge in [0.25, 0.3) is 5.56 Å². The van der Waals surface area contributed by atoms with Crippen LogP contribution < -0.4 is 10.3 Å². The van der Waals surface area contributed by atoms with Crippen molar-refractivity contribution < 1.29 is 4.74 Å². The molecule has 0 amide bonds. The third-order valence-corrected chi connectivity index (χ3v) is 2.58. The zero-order valence-corrected chi connectivity index (χ0v) is 9.61. The number of unbranched alkanes of at least 4 members (excludes halogenated alkanes) is 1. The standard InChI is InChI=1S/C14H15NO2/c1-2-3-6-9-17-13-10-15-14(16)12-8-5-4-7-11(12)13/h2,4-5,7-8,10H,1,3,6,9H2,(H,15,16). The van der Waals surface area contributed by atoms with Crippen molar-refractivity contribution in [3.05, 3.63) is 53.5 Å². The van der Waals surface area contributed by atoms with Crippen LogP contribution in [0.5, 0.6) is 5.75 Å². The molecule has 0 spiro atoms. The molecule has 0 unspecified atom stereocenters. The number of fused-ring (bicyclic) bond motifs is 1. The second kappa shape index (κ2) is 5.34. The van der Waals surface area contributed by atoms with Crippen molar-refractivity contribution in [1.29, 1.82) is 0 Å². The molecule has 1 heterocycles. The van der Waals surface area contributed by atoms with E-state index in [0.717, 1.165) is 24.0 Å². The van der Waals surface area contributed by atoms with Crippen LogP contribution in [0.4, 0.5) is 0 Å². The Morgan fingerprint density at radius 1 is 1.29 bits per heavy atom. The monoisotopic (exact) mass is 229 g/mol. The number of H-pyrrole nitrogens is 1. The van der Waals surface area contributed by atoms with Crippen LogP contribution in [0.25, 0.3) is 10.8 Å². The molecule has 3 heteroatoms. The minimum Gasteiger partial charge on any atom is -0.491 e. The number of aromatic amines is 1. The van der Waals surface area contributed by atoms with Gasteiger partial charge in [-0.1, -0.05) is 24.3 Å². The predicted molar refractivity (Wildman–Crippen MR) is 69.5 cm³/mol. The van der Waals surface area contributed by atoms with E-state index >= 15 is 0 Å². The average Bonchev–Trinajstić information content (AvgIpc) is 2.37. The maximum absolute atomic E-state index is 11.6. The minimum atomic E-state index is -0.0842. The lowest BCUT2D eigenvalue weighted by atomic mass is 10.1. The number of aromatic nitrogens is 1. The molecular weight excluding hydrogens is 214 g/mol. The van der Waals surface area contributed by atoms with Crippen LogP contribution in [-0.2, 0) is 0 Å². The van der Waals surface area contributed by atoms with Crippen LogP contribution in [0.3, 0.4) is 0 Å². The molecule has 0 aliphatic rings. The average molecular weight is 229 g/mol. The lowest BCUT2D eigenvalue weighted by Crippen LogP contribution is -2.07. The molecule has 3 nitrogen and oxygen atoms in total. The van der Waals surface area contributed by atoms with Crippen LogP contribution in [0, 0.1) is 0 Å². The van der Waals surface area contributed by atoms with Gasteiger partial charge in [-0.3, -0.25) is 4.79 Å². The number of benzene rings is 1. The van der Waals surface area contributed by atoms with E-state index in [-0.39, 0.29) is 5.56 Å². The molecule has 88 valence electrons. The number of hydrogen-bond acceptors (Lipinski definition) is 2. The van der Waals surface area contributed by atoms with Gasteiger partial charge < -0.3 is 9.72 Å². The van der Waals surface area contributed by atoms with Crippen LogP contribution >= 0.6 is 0 Å². The van der Waals surface area contributed by atoms with E-state index in [1.807, 2.05) is 24.3 Å². The Morgan fingerprint density at radius 2 is 2.06 bits per heavy atom. The van der Waals surface area contributed by atoms with Gasteiger partial charge in [-0.2, -0.15) is 0 Å². The van der Waals surface area contributed by atoms with Gasteiger partial charge in [0.2, 0.25) is 0 Å². The van der Waals surface area contributed by atoms with Crippen molar-refractivity contribution in [2.24, 2.45) is 0 Å². The van der Waals surface area contributed by atoms with Gasteiger partial charge >= 0.3 is 0 Å². The van der Waals surface area contributed by atoms with Gasteiger partial charge in [0.1, 0.15) is 5.75 Å². The molecule has 0 fully saturated rings. The smallest absolute Gasteiger partial charge is 0.256 e. The largest absolute Gasteiger partial charge is 0.491 e. The highest BCUT2D eigenvalue weighted by Gasteiger charge is 2.04. The fourth-order valence-corrected chi connectivity index (χ4v) is 1.71. The fraction of sp³-hybridized carbons (Fsp3) is 0.214. The zero-order chi connectivity index (χ0) is 12.1. The Bertz CT molecular complexity index is 572. The summed E-state index contributed by atoms with van der Waals surface area (Å²) in [4.78, 5) is 14.3. The second-order valence-electron chi connectivity index (χ2n) is 3.81. The Morgan fingerprint density at radius 3 is 2.82 bits per heavy atom. The maximum Gasteiger partial charge on any atom is 0.256 e. The Labute approximate surface area is 99.7 Å². The number of allylic oxidation sites excluding steroid dienone is 1. The fourth-order valence-electron chi connectivity index (χ4n) is 1.71. The highest BCUT2D eigenvalue weighted by atomic mass is 16.5. The first-order valence-electron chi connectivity index (χ1n) is 5.67. The van der Waals surface area contributed by atoms with Gasteiger partial charge in [0, 0.05) is 11.6 Å². The number of rotatable bonds is 5. The van der Waals surface area contributed by atoms with E-state index in [9.17, 15) is 4.79 Å². The van der Waals surface area contributed by atoms with E-state index in [1.165, 1.54) is 0 Å². The molecule has 0 saturated carbocycles. The predicted octanol–water partition coefficient (Wildman–Crippen LogP) is 2.87. The Kier molecular flexibility index (Phi) is 3.60. The molecule has 0 atom stereocenters. The third kappa shape index (κ3) is 2.56. The molecule has 0 aliphatic heterocycles. The molecule has 2 aromatic rings. The molecule has 17 heavy (non-hydrogen) atoms. The Hall–Kier alpha value is -2.03. The first-order valence-corrected chi connectivity index (χ1v) is 5.67. The number of ether oxygens (including phenoxy) is 1. The molecular formula is C14H15NO2. The van der Waals surface area contributed by atoms with Gasteiger partial charge in [-0.15, -0.1) is 6.58 Å². The SMILES string of the molecule is C=CCCCOc1c[nH]c(=O)c2ccccc12. The summed E-state index contributed by atoms with van der Waals surface area (Å²) in [6.45, 7) is 4.29. The van der Waals surface area contributed by atoms with E-state index in [4.69, 9.17) is 4.74 Å². The molecule has 1 N–H and O–H groups in total. The van der Waals surface area contributed by atoms with Crippen molar-refractivity contribution in [3.63, 3.8) is 0 Å². The number of nitrogens with one attached hydrogen (secondary N) is 1. The van der Waals surface area contributed by atoms with E-state index < -0.39 is 0 Å². The van der Waals surface area contributed by atoms with Crippen molar-refractivity contribution in [1.82, 2.24) is 4.98 Å². The maximum atomic E-state index is 11.6. The molecule has 0 saturated heterocycles. The van der Waals surface area contributed by atoms with Crippen molar-refractivity contribution in [3.8, 4) is 5.75 Å². The first kappa shape index (κ1) is 11.5. The third-order valence-electron chi connectivity index (χ3n) is 2.58. The van der Waals surface area contributed by atoms with Crippen LogP contribution in [-0.4, -0.2) is 11.6 Å². The van der Waals surface area contributed by atoms with Crippen molar-refractivity contribution in [2.45, 2.75) is 12.8 Å². The van der Waals surface area contributed by atoms with Gasteiger partial charge in [-0.05, 0) is 18.9 Å². The summed E-state index contributed by atoms with van der Waals surface area (Å²) in [5.74, 6) is 0.726. The first-order chi connectivity index (χ1) is 8.33. The van der Waals surface area contributed by atoms with E-state index in [1.54, 1.807) is 12.3 Å². The lowest BCUT2D eigenvalue weighted by Gasteiger charge is -2.07. The normalized spacial score (nSPS) is 10.4. The summed E-state index contributed by atoms with van der Waals surface area (Å²) in [5.41, 5.74) is -0.0842. The summed E-state index contributed by atoms with van der Waals surface area (Å²) >= 11 is 0. The lowest BCUT2D eigenvalue weighted by molar-refractivity contribution is 0.314. The van der Waals surface area contributed by atoms with Gasteiger partial charge in [0.05, 0.1) is 12.0 Å². The molecule has 0 bridgehead atoms. The molecule has 1 aromatic heterocycles. The quantitative estimate of drug-likeness (QED) is 0.632. The summed E-state index contributed by atoms with van der Waals surface area (Å²) in [6, 6.07) is 7.44. The summed E-state index contributed by atoms with van der Waals surface area (Å²) < 4.78 is 5.66. The second-order valence-corrected chi connectivity index (χ2v) is 3.81. The Balaban J connectivity index is 2.25. The summed E-state index contributed by atoms with van der Waals surface area (Å²) in [6.07, 6.45) is 5.35. The molecule has 0 aliphatic carbocycles. The van der Waals surface area contributed by atoms with Gasteiger partial charge in [0.15, 0.2) is 0 Å². The highest BCUT2D eigenvalue weighted by molar-refractivity contribution is 5.86. The highest BCUT2D eigenvalue weighted by Crippen LogP contribution is 2.21. The molecule has 2 rings (SSSR count). The molecule has 1 aromatic carbocycles. The van der Waals surface area contributed by atoms with Crippen LogP contribution in [0.2, 0.25) is 0 Å². The van der Waals surface area contributed by atoms with E-state index in [2.05, 4.69) is 11.6 Å². The van der Waals surface area contributed by atoms with Crippen LogP contribution in [0.1, 0.15) is 12.8 Å². The van der Waals surface area contributed by atoms with Crippen molar-refractivity contribution >= 4 is 10.8 Å². The zero-order valence-electron chi connectivity index (χ0n) is 9.61. The topological polar surface area (TPSA) is 42.1 Å². The number of hydrogen-bond donors (Lipinski definition) is 1. The molecule has 0 radical (unpaired) electrons. The number of pyridine rings is 1. The minimum absolute atomic E-state index is 0.0842. The summed E-state index contributed by atoms with van der Waals surface area (Å²) in [7, 11) is 0.